The number of benzene rings is 1. The summed E-state index contributed by atoms with van der Waals surface area (Å²) in [6.07, 6.45) is 0. The van der Waals surface area contributed by atoms with E-state index < -0.39 is 0 Å². The maximum absolute atomic E-state index is 5.76. The van der Waals surface area contributed by atoms with Crippen molar-refractivity contribution in [2.45, 2.75) is 6.54 Å². The molecule has 0 aliphatic rings. The third-order valence-corrected chi connectivity index (χ3v) is 1.78. The standard InChI is InChI=1S/C8H11ClN2O.ClH/c1-12-8-4-7(9)3-2-6(8)5-11-10;/h2-4,11H,5,10H2,1H3;1H. The first kappa shape index (κ1) is 12.5. The molecule has 0 fully saturated rings. The molecule has 1 aromatic carbocycles. The van der Waals surface area contributed by atoms with Crippen LogP contribution in [-0.2, 0) is 6.54 Å². The van der Waals surface area contributed by atoms with Crippen LogP contribution in [0.5, 0.6) is 5.75 Å². The number of nitrogens with two attached hydrogens (primary N) is 1. The molecule has 3 N–H and O–H groups in total. The van der Waals surface area contributed by atoms with Gasteiger partial charge in [-0.05, 0) is 12.1 Å². The lowest BCUT2D eigenvalue weighted by molar-refractivity contribution is 0.408. The van der Waals surface area contributed by atoms with E-state index in [1.54, 1.807) is 19.2 Å². The van der Waals surface area contributed by atoms with E-state index in [-0.39, 0.29) is 12.4 Å². The smallest absolute Gasteiger partial charge is 0.124 e. The molecule has 13 heavy (non-hydrogen) atoms. The summed E-state index contributed by atoms with van der Waals surface area (Å²) in [5.41, 5.74) is 3.55. The Balaban J connectivity index is 0.00000144. The SMILES string of the molecule is COc1cc(Cl)ccc1CNN.Cl. The predicted molar refractivity (Wildman–Crippen MR) is 56.3 cm³/mol. The van der Waals surface area contributed by atoms with Crippen LogP contribution in [0.4, 0.5) is 0 Å². The monoisotopic (exact) mass is 222 g/mol. The van der Waals surface area contributed by atoms with Gasteiger partial charge in [-0.2, -0.15) is 0 Å². The quantitative estimate of drug-likeness (QED) is 0.606. The van der Waals surface area contributed by atoms with Crippen LogP contribution in [-0.4, -0.2) is 7.11 Å². The van der Waals surface area contributed by atoms with E-state index in [4.69, 9.17) is 22.2 Å². The van der Waals surface area contributed by atoms with Gasteiger partial charge in [0.05, 0.1) is 7.11 Å². The maximum Gasteiger partial charge on any atom is 0.124 e. The minimum absolute atomic E-state index is 0. The first-order valence-corrected chi connectivity index (χ1v) is 3.91. The maximum atomic E-state index is 5.76. The molecule has 0 saturated heterocycles. The van der Waals surface area contributed by atoms with Gasteiger partial charge in [-0.1, -0.05) is 17.7 Å². The Kier molecular flexibility index (Phi) is 5.82. The number of methoxy groups -OCH3 is 1. The van der Waals surface area contributed by atoms with E-state index in [1.165, 1.54) is 0 Å². The van der Waals surface area contributed by atoms with Gasteiger partial charge in [0.2, 0.25) is 0 Å². The average Bonchev–Trinajstić information content (AvgIpc) is 2.08. The van der Waals surface area contributed by atoms with Gasteiger partial charge in [-0.15, -0.1) is 12.4 Å². The molecule has 0 spiro atoms. The lowest BCUT2D eigenvalue weighted by atomic mass is 10.2. The van der Waals surface area contributed by atoms with Crippen molar-refractivity contribution in [1.82, 2.24) is 5.43 Å². The molecule has 0 aliphatic carbocycles. The van der Waals surface area contributed by atoms with E-state index in [9.17, 15) is 0 Å². The Hall–Kier alpha value is -0.480. The molecule has 0 bridgehead atoms. The molecule has 1 rings (SSSR count). The summed E-state index contributed by atoms with van der Waals surface area (Å²) in [5, 5.41) is 0.660. The fourth-order valence-electron chi connectivity index (χ4n) is 0.974. The predicted octanol–water partition coefficient (Wildman–Crippen LogP) is 1.73. The van der Waals surface area contributed by atoms with Gasteiger partial charge < -0.3 is 4.74 Å². The lowest BCUT2D eigenvalue weighted by Crippen LogP contribution is -2.21. The number of ether oxygens (including phenoxy) is 1. The van der Waals surface area contributed by atoms with Gasteiger partial charge in [0.1, 0.15) is 5.75 Å². The van der Waals surface area contributed by atoms with Crippen LogP contribution in [0.15, 0.2) is 18.2 Å². The second-order valence-electron chi connectivity index (χ2n) is 2.34. The summed E-state index contributed by atoms with van der Waals surface area (Å²) in [7, 11) is 1.60. The molecule has 0 atom stereocenters. The summed E-state index contributed by atoms with van der Waals surface area (Å²) < 4.78 is 5.10. The highest BCUT2D eigenvalue weighted by atomic mass is 35.5. The summed E-state index contributed by atoms with van der Waals surface area (Å²) >= 11 is 5.76. The van der Waals surface area contributed by atoms with Gasteiger partial charge in [-0.25, -0.2) is 0 Å². The van der Waals surface area contributed by atoms with Gasteiger partial charge in [0, 0.05) is 17.1 Å². The molecule has 0 heterocycles. The Labute approximate surface area is 88.6 Å². The third-order valence-electron chi connectivity index (χ3n) is 1.54. The highest BCUT2D eigenvalue weighted by Gasteiger charge is 2.01. The Bertz CT molecular complexity index is 268. The Morgan fingerprint density at radius 1 is 1.54 bits per heavy atom. The fourth-order valence-corrected chi connectivity index (χ4v) is 1.14. The van der Waals surface area contributed by atoms with Crippen molar-refractivity contribution in [2.24, 2.45) is 5.84 Å². The van der Waals surface area contributed by atoms with Gasteiger partial charge in [-0.3, -0.25) is 11.3 Å². The van der Waals surface area contributed by atoms with Crippen LogP contribution in [0.2, 0.25) is 5.02 Å². The third kappa shape index (κ3) is 3.40. The average molecular weight is 223 g/mol. The van der Waals surface area contributed by atoms with Crippen LogP contribution in [0.3, 0.4) is 0 Å². The first-order chi connectivity index (χ1) is 5.77. The minimum atomic E-state index is 0. The lowest BCUT2D eigenvalue weighted by Gasteiger charge is -2.07. The van der Waals surface area contributed by atoms with E-state index in [2.05, 4.69) is 5.43 Å². The van der Waals surface area contributed by atoms with E-state index in [1.807, 2.05) is 6.07 Å². The van der Waals surface area contributed by atoms with Crippen molar-refractivity contribution in [2.75, 3.05) is 7.11 Å². The summed E-state index contributed by atoms with van der Waals surface area (Å²) in [6.45, 7) is 0.570. The molecule has 0 radical (unpaired) electrons. The zero-order valence-electron chi connectivity index (χ0n) is 7.21. The molecular formula is C8H12Cl2N2O. The van der Waals surface area contributed by atoms with Gasteiger partial charge >= 0.3 is 0 Å². The molecule has 0 aromatic heterocycles. The summed E-state index contributed by atoms with van der Waals surface area (Å²) in [5.74, 6) is 5.93. The highest BCUT2D eigenvalue weighted by Crippen LogP contribution is 2.22. The molecule has 3 nitrogen and oxygen atoms in total. The van der Waals surface area contributed by atoms with Gasteiger partial charge in [0.25, 0.3) is 0 Å². The summed E-state index contributed by atoms with van der Waals surface area (Å²) in [6, 6.07) is 5.44. The number of hydrazine groups is 1. The van der Waals surface area contributed by atoms with Crippen LogP contribution >= 0.6 is 24.0 Å². The topological polar surface area (TPSA) is 47.3 Å². The Morgan fingerprint density at radius 2 is 2.23 bits per heavy atom. The number of halogens is 2. The van der Waals surface area contributed by atoms with Crippen molar-refractivity contribution in [3.05, 3.63) is 28.8 Å². The molecular weight excluding hydrogens is 211 g/mol. The molecule has 0 unspecified atom stereocenters. The van der Waals surface area contributed by atoms with Gasteiger partial charge in [0.15, 0.2) is 0 Å². The van der Waals surface area contributed by atoms with Crippen molar-refractivity contribution in [1.29, 1.82) is 0 Å². The largest absolute Gasteiger partial charge is 0.496 e. The van der Waals surface area contributed by atoms with Crippen LogP contribution in [0, 0.1) is 0 Å². The number of hydrogen-bond donors (Lipinski definition) is 2. The molecule has 1 aromatic rings. The Morgan fingerprint density at radius 3 is 2.77 bits per heavy atom. The van der Waals surface area contributed by atoms with E-state index in [0.29, 0.717) is 11.6 Å². The number of nitrogens with one attached hydrogen (secondary N) is 1. The van der Waals surface area contributed by atoms with Crippen LogP contribution < -0.4 is 16.0 Å². The van der Waals surface area contributed by atoms with Crippen LogP contribution in [0.1, 0.15) is 5.56 Å². The van der Waals surface area contributed by atoms with Crippen molar-refractivity contribution < 1.29 is 4.74 Å². The second-order valence-corrected chi connectivity index (χ2v) is 2.77. The summed E-state index contributed by atoms with van der Waals surface area (Å²) in [4.78, 5) is 0. The number of rotatable bonds is 3. The first-order valence-electron chi connectivity index (χ1n) is 3.54. The molecule has 0 amide bonds. The second kappa shape index (κ2) is 6.05. The zero-order chi connectivity index (χ0) is 8.97. The molecule has 0 aliphatic heterocycles. The van der Waals surface area contributed by atoms with Crippen molar-refractivity contribution in [3.63, 3.8) is 0 Å². The van der Waals surface area contributed by atoms with E-state index >= 15 is 0 Å². The fraction of sp³-hybridized carbons (Fsp3) is 0.250. The molecule has 74 valence electrons. The van der Waals surface area contributed by atoms with Crippen molar-refractivity contribution in [3.8, 4) is 5.75 Å². The normalized spacial score (nSPS) is 9.15. The van der Waals surface area contributed by atoms with Crippen molar-refractivity contribution >= 4 is 24.0 Å². The van der Waals surface area contributed by atoms with Crippen LogP contribution in [0.25, 0.3) is 0 Å². The zero-order valence-corrected chi connectivity index (χ0v) is 8.78. The minimum Gasteiger partial charge on any atom is -0.496 e. The highest BCUT2D eigenvalue weighted by molar-refractivity contribution is 6.30. The number of hydrogen-bond acceptors (Lipinski definition) is 3. The van der Waals surface area contributed by atoms with E-state index in [0.717, 1.165) is 11.3 Å². The molecule has 0 saturated carbocycles. The molecule has 5 heteroatoms.